The Morgan fingerprint density at radius 3 is 2.52 bits per heavy atom. The van der Waals surface area contributed by atoms with Gasteiger partial charge in [0.05, 0.1) is 23.9 Å². The van der Waals surface area contributed by atoms with E-state index in [4.69, 9.17) is 9.72 Å². The maximum absolute atomic E-state index is 13.4. The van der Waals surface area contributed by atoms with E-state index in [9.17, 15) is 4.79 Å². The van der Waals surface area contributed by atoms with Crippen LogP contribution in [0.4, 0.5) is 0 Å². The molecule has 2 aromatic heterocycles. The lowest BCUT2D eigenvalue weighted by atomic mass is 10.0. The van der Waals surface area contributed by atoms with Gasteiger partial charge in [-0.05, 0) is 30.3 Å². The molecule has 0 fully saturated rings. The van der Waals surface area contributed by atoms with Crippen molar-refractivity contribution in [2.24, 2.45) is 0 Å². The van der Waals surface area contributed by atoms with E-state index in [2.05, 4.69) is 4.98 Å². The first-order valence-electron chi connectivity index (χ1n) is 9.35. The van der Waals surface area contributed by atoms with Gasteiger partial charge in [-0.2, -0.15) is 0 Å². The molecule has 29 heavy (non-hydrogen) atoms. The topological polar surface area (TPSA) is 55.3 Å². The highest BCUT2D eigenvalue weighted by atomic mass is 16.5. The van der Waals surface area contributed by atoms with E-state index in [1.807, 2.05) is 66.7 Å². The fourth-order valence-corrected chi connectivity index (χ4v) is 3.39. The van der Waals surface area contributed by atoms with Crippen LogP contribution in [0.2, 0.25) is 0 Å². The van der Waals surface area contributed by atoms with Gasteiger partial charge in [-0.15, -0.1) is 0 Å². The Balaban J connectivity index is 1.75. The van der Waals surface area contributed by atoms with E-state index in [0.717, 1.165) is 33.5 Å². The van der Waals surface area contributed by atoms with Gasteiger partial charge < -0.3 is 9.64 Å². The van der Waals surface area contributed by atoms with Crippen molar-refractivity contribution in [1.29, 1.82) is 0 Å². The molecule has 0 radical (unpaired) electrons. The van der Waals surface area contributed by atoms with Crippen molar-refractivity contribution in [3.05, 3.63) is 90.3 Å². The summed E-state index contributed by atoms with van der Waals surface area (Å²) in [5.74, 6) is 0.703. The fourth-order valence-electron chi connectivity index (χ4n) is 3.39. The molecule has 0 unspecified atom stereocenters. The summed E-state index contributed by atoms with van der Waals surface area (Å²) in [7, 11) is 3.44. The second-order valence-electron chi connectivity index (χ2n) is 6.78. The maximum atomic E-state index is 13.4. The van der Waals surface area contributed by atoms with Crippen LogP contribution in [0.25, 0.3) is 22.2 Å². The number of ether oxygens (including phenoxy) is 1. The number of para-hydroxylation sites is 2. The molecule has 2 aromatic carbocycles. The van der Waals surface area contributed by atoms with Crippen LogP contribution in [-0.2, 0) is 6.54 Å². The van der Waals surface area contributed by atoms with Gasteiger partial charge in [-0.3, -0.25) is 9.78 Å². The molecule has 0 atom stereocenters. The highest BCUT2D eigenvalue weighted by molar-refractivity contribution is 6.07. The Morgan fingerprint density at radius 1 is 1.00 bits per heavy atom. The SMILES string of the molecule is COc1ccccc1CN(C)C(=O)c1cc(-c2ccncc2)nc2ccccc12. The Labute approximate surface area is 169 Å². The van der Waals surface area contributed by atoms with Gasteiger partial charge in [0.25, 0.3) is 5.91 Å². The van der Waals surface area contributed by atoms with Gasteiger partial charge in [-0.25, -0.2) is 4.98 Å². The quantitative estimate of drug-likeness (QED) is 0.506. The van der Waals surface area contributed by atoms with E-state index in [-0.39, 0.29) is 5.91 Å². The molecule has 2 heterocycles. The Morgan fingerprint density at radius 2 is 1.72 bits per heavy atom. The van der Waals surface area contributed by atoms with Crippen molar-refractivity contribution in [3.63, 3.8) is 0 Å². The number of fused-ring (bicyclic) bond motifs is 1. The molecule has 0 N–H and O–H groups in total. The van der Waals surface area contributed by atoms with Gasteiger partial charge in [0.15, 0.2) is 0 Å². The zero-order valence-corrected chi connectivity index (χ0v) is 16.4. The first-order valence-corrected chi connectivity index (χ1v) is 9.35. The molecule has 0 bridgehead atoms. The van der Waals surface area contributed by atoms with Crippen LogP contribution >= 0.6 is 0 Å². The second kappa shape index (κ2) is 8.10. The number of methoxy groups -OCH3 is 1. The summed E-state index contributed by atoms with van der Waals surface area (Å²) in [6, 6.07) is 21.1. The first-order chi connectivity index (χ1) is 14.2. The predicted molar refractivity (Wildman–Crippen MR) is 114 cm³/mol. The summed E-state index contributed by atoms with van der Waals surface area (Å²) in [5, 5.41) is 0.835. The van der Waals surface area contributed by atoms with Crippen LogP contribution in [0.15, 0.2) is 79.1 Å². The molecule has 0 spiro atoms. The Hall–Kier alpha value is -3.73. The fraction of sp³-hybridized carbons (Fsp3) is 0.125. The van der Waals surface area contributed by atoms with E-state index < -0.39 is 0 Å². The van der Waals surface area contributed by atoms with Crippen LogP contribution in [0.3, 0.4) is 0 Å². The monoisotopic (exact) mass is 383 g/mol. The molecule has 4 rings (SSSR count). The molecule has 5 nitrogen and oxygen atoms in total. The summed E-state index contributed by atoms with van der Waals surface area (Å²) < 4.78 is 5.42. The van der Waals surface area contributed by atoms with Gasteiger partial charge in [0, 0.05) is 42.5 Å². The number of carbonyl (C=O) groups is 1. The number of aromatic nitrogens is 2. The third-order valence-electron chi connectivity index (χ3n) is 4.87. The summed E-state index contributed by atoms with van der Waals surface area (Å²) in [4.78, 5) is 23.9. The number of hydrogen-bond donors (Lipinski definition) is 0. The number of carbonyl (C=O) groups excluding carboxylic acids is 1. The van der Waals surface area contributed by atoms with Crippen molar-refractivity contribution < 1.29 is 9.53 Å². The third-order valence-corrected chi connectivity index (χ3v) is 4.87. The molecule has 1 amide bonds. The number of hydrogen-bond acceptors (Lipinski definition) is 4. The van der Waals surface area contributed by atoms with Crippen molar-refractivity contribution in [3.8, 4) is 17.0 Å². The normalized spacial score (nSPS) is 10.7. The van der Waals surface area contributed by atoms with Crippen LogP contribution in [0, 0.1) is 0 Å². The minimum Gasteiger partial charge on any atom is -0.496 e. The minimum absolute atomic E-state index is 0.0650. The summed E-state index contributed by atoms with van der Waals surface area (Å²) in [6.07, 6.45) is 3.45. The lowest BCUT2D eigenvalue weighted by Crippen LogP contribution is -2.26. The van der Waals surface area contributed by atoms with Crippen molar-refractivity contribution in [2.75, 3.05) is 14.2 Å². The molecule has 4 aromatic rings. The molecule has 0 aliphatic rings. The number of amides is 1. The highest BCUT2D eigenvalue weighted by Gasteiger charge is 2.18. The first kappa shape index (κ1) is 18.6. The molecule has 0 aliphatic heterocycles. The second-order valence-corrected chi connectivity index (χ2v) is 6.78. The lowest BCUT2D eigenvalue weighted by molar-refractivity contribution is 0.0786. The Kier molecular flexibility index (Phi) is 5.20. The zero-order valence-electron chi connectivity index (χ0n) is 16.4. The summed E-state index contributed by atoms with van der Waals surface area (Å²) in [5.41, 5.74) is 4.04. The number of pyridine rings is 2. The third kappa shape index (κ3) is 3.80. The number of nitrogens with zero attached hydrogens (tertiary/aromatic N) is 3. The largest absolute Gasteiger partial charge is 0.496 e. The number of benzene rings is 2. The molecular formula is C24H21N3O2. The van der Waals surface area contributed by atoms with Crippen molar-refractivity contribution >= 4 is 16.8 Å². The molecule has 0 saturated carbocycles. The van der Waals surface area contributed by atoms with Crippen molar-refractivity contribution in [2.45, 2.75) is 6.54 Å². The zero-order chi connectivity index (χ0) is 20.2. The van der Waals surface area contributed by atoms with Crippen molar-refractivity contribution in [1.82, 2.24) is 14.9 Å². The van der Waals surface area contributed by atoms with E-state index in [1.54, 1.807) is 31.5 Å². The minimum atomic E-state index is -0.0650. The highest BCUT2D eigenvalue weighted by Crippen LogP contribution is 2.26. The molecule has 144 valence electrons. The lowest BCUT2D eigenvalue weighted by Gasteiger charge is -2.20. The van der Waals surface area contributed by atoms with Gasteiger partial charge >= 0.3 is 0 Å². The van der Waals surface area contributed by atoms with Gasteiger partial charge in [0.2, 0.25) is 0 Å². The van der Waals surface area contributed by atoms with Crippen LogP contribution in [-0.4, -0.2) is 34.9 Å². The van der Waals surface area contributed by atoms with Crippen LogP contribution in [0.5, 0.6) is 5.75 Å². The van der Waals surface area contributed by atoms with Crippen LogP contribution in [0.1, 0.15) is 15.9 Å². The summed E-state index contributed by atoms with van der Waals surface area (Å²) in [6.45, 7) is 0.448. The smallest absolute Gasteiger partial charge is 0.254 e. The van der Waals surface area contributed by atoms with Gasteiger partial charge in [0.1, 0.15) is 5.75 Å². The molecule has 0 aliphatic carbocycles. The average molecular weight is 383 g/mol. The average Bonchev–Trinajstić information content (AvgIpc) is 2.78. The molecule has 0 saturated heterocycles. The number of rotatable bonds is 5. The van der Waals surface area contributed by atoms with Gasteiger partial charge in [-0.1, -0.05) is 36.4 Å². The summed E-state index contributed by atoms with van der Waals surface area (Å²) >= 11 is 0. The predicted octanol–water partition coefficient (Wildman–Crippen LogP) is 4.58. The van der Waals surface area contributed by atoms with E-state index >= 15 is 0 Å². The van der Waals surface area contributed by atoms with E-state index in [0.29, 0.717) is 12.1 Å². The molecular weight excluding hydrogens is 362 g/mol. The van der Waals surface area contributed by atoms with Crippen LogP contribution < -0.4 is 4.74 Å². The standard InChI is InChI=1S/C24H21N3O2/c1-27(16-18-7-3-6-10-23(18)29-2)24(28)20-15-22(17-11-13-25-14-12-17)26-21-9-5-4-8-19(20)21/h3-15H,16H2,1-2H3. The molecule has 5 heteroatoms. The Bertz CT molecular complexity index is 1160. The maximum Gasteiger partial charge on any atom is 0.254 e. The van der Waals surface area contributed by atoms with E-state index in [1.165, 1.54) is 0 Å².